The van der Waals surface area contributed by atoms with E-state index in [4.69, 9.17) is 23.2 Å². The van der Waals surface area contributed by atoms with Gasteiger partial charge in [0.05, 0.1) is 16.2 Å². The highest BCUT2D eigenvalue weighted by molar-refractivity contribution is 7.87. The fraction of sp³-hybridized carbons (Fsp3) is 0.250. The van der Waals surface area contributed by atoms with Gasteiger partial charge in [0.1, 0.15) is 4.71 Å². The quantitative estimate of drug-likeness (QED) is 0.726. The second-order valence-electron chi connectivity index (χ2n) is 4.77. The molecule has 0 radical (unpaired) electrons. The lowest BCUT2D eigenvalue weighted by atomic mass is 10.1. The van der Waals surface area contributed by atoms with E-state index in [9.17, 15) is 4.21 Å². The lowest BCUT2D eigenvalue weighted by Gasteiger charge is -2.16. The predicted octanol–water partition coefficient (Wildman–Crippen LogP) is 4.96. The molecule has 3 atom stereocenters. The molecular weight excluding hydrogens is 311 g/mol. The van der Waals surface area contributed by atoms with E-state index in [2.05, 4.69) is 0 Å². The summed E-state index contributed by atoms with van der Waals surface area (Å²) in [6, 6.07) is 15.3. The Hall–Kier alpha value is -0.830. The number of rotatable bonds is 4. The first-order chi connectivity index (χ1) is 9.49. The Morgan fingerprint density at radius 2 is 1.30 bits per heavy atom. The van der Waals surface area contributed by atoms with Crippen molar-refractivity contribution >= 4 is 34.0 Å². The van der Waals surface area contributed by atoms with Crippen LogP contribution in [0.5, 0.6) is 0 Å². The number of alkyl halides is 2. The van der Waals surface area contributed by atoms with Crippen molar-refractivity contribution in [2.75, 3.05) is 0 Å². The van der Waals surface area contributed by atoms with E-state index in [1.807, 2.05) is 62.4 Å². The molecule has 20 heavy (non-hydrogen) atoms. The van der Waals surface area contributed by atoms with Crippen molar-refractivity contribution in [1.29, 1.82) is 0 Å². The van der Waals surface area contributed by atoms with Crippen LogP contribution in [-0.2, 0) is 10.8 Å². The summed E-state index contributed by atoms with van der Waals surface area (Å²) in [6.45, 7) is 4.00. The van der Waals surface area contributed by atoms with E-state index >= 15 is 0 Å². The highest BCUT2D eigenvalue weighted by atomic mass is 35.5. The zero-order valence-electron chi connectivity index (χ0n) is 11.3. The normalized spacial score (nSPS) is 15.6. The first-order valence-corrected chi connectivity index (χ1v) is 8.39. The van der Waals surface area contributed by atoms with Gasteiger partial charge in [-0.25, -0.2) is 0 Å². The number of halogens is 2. The van der Waals surface area contributed by atoms with Crippen molar-refractivity contribution in [2.24, 2.45) is 0 Å². The van der Waals surface area contributed by atoms with Gasteiger partial charge in [-0.15, -0.1) is 23.2 Å². The van der Waals surface area contributed by atoms with Gasteiger partial charge in [-0.2, -0.15) is 0 Å². The molecule has 1 nitrogen and oxygen atoms in total. The van der Waals surface area contributed by atoms with Crippen molar-refractivity contribution < 1.29 is 4.21 Å². The fourth-order valence-corrected chi connectivity index (χ4v) is 3.73. The summed E-state index contributed by atoms with van der Waals surface area (Å²) >= 11 is 12.7. The van der Waals surface area contributed by atoms with Crippen LogP contribution in [0.25, 0.3) is 0 Å². The number of hydrogen-bond donors (Lipinski definition) is 0. The minimum absolute atomic E-state index is 0.487. The molecule has 0 heterocycles. The van der Waals surface area contributed by atoms with Crippen LogP contribution in [0.1, 0.15) is 22.1 Å². The first-order valence-electron chi connectivity index (χ1n) is 6.31. The maximum absolute atomic E-state index is 12.4. The lowest BCUT2D eigenvalue weighted by molar-refractivity contribution is 0.679. The van der Waals surface area contributed by atoms with Crippen LogP contribution in [0.15, 0.2) is 53.4 Å². The monoisotopic (exact) mass is 326 g/mol. The molecule has 0 saturated carbocycles. The van der Waals surface area contributed by atoms with Crippen molar-refractivity contribution in [3.05, 3.63) is 65.2 Å². The van der Waals surface area contributed by atoms with Crippen LogP contribution >= 0.6 is 23.2 Å². The van der Waals surface area contributed by atoms with E-state index in [0.29, 0.717) is 4.90 Å². The maximum Gasteiger partial charge on any atom is 0.134 e. The van der Waals surface area contributed by atoms with Crippen LogP contribution in [0, 0.1) is 13.8 Å². The summed E-state index contributed by atoms with van der Waals surface area (Å²) in [7, 11) is -1.34. The highest BCUT2D eigenvalue weighted by Crippen LogP contribution is 2.32. The van der Waals surface area contributed by atoms with Gasteiger partial charge in [0.15, 0.2) is 0 Å². The summed E-state index contributed by atoms with van der Waals surface area (Å²) in [6.07, 6.45) is 0. The van der Waals surface area contributed by atoms with E-state index < -0.39 is 20.9 Å². The van der Waals surface area contributed by atoms with E-state index in [1.165, 1.54) is 0 Å². The molecule has 0 saturated heterocycles. The van der Waals surface area contributed by atoms with Gasteiger partial charge < -0.3 is 0 Å². The van der Waals surface area contributed by atoms with Gasteiger partial charge in [0.2, 0.25) is 0 Å². The molecule has 0 aromatic heterocycles. The SMILES string of the molecule is Cc1ccc([C@@H](Cl)[C@@H](Cl)S(=O)c2ccc(C)cc2)cc1. The van der Waals surface area contributed by atoms with Crippen LogP contribution in [0.3, 0.4) is 0 Å². The van der Waals surface area contributed by atoms with Crippen LogP contribution in [-0.4, -0.2) is 8.92 Å². The molecule has 0 N–H and O–H groups in total. The topological polar surface area (TPSA) is 17.1 Å². The van der Waals surface area contributed by atoms with Gasteiger partial charge >= 0.3 is 0 Å². The molecule has 106 valence electrons. The smallest absolute Gasteiger partial charge is 0.134 e. The third kappa shape index (κ3) is 3.63. The Morgan fingerprint density at radius 3 is 1.80 bits per heavy atom. The molecule has 4 heteroatoms. The second-order valence-corrected chi connectivity index (χ2v) is 7.55. The van der Waals surface area contributed by atoms with E-state index in [-0.39, 0.29) is 0 Å². The van der Waals surface area contributed by atoms with Gasteiger partial charge in [-0.1, -0.05) is 47.5 Å². The maximum atomic E-state index is 12.4. The zero-order valence-corrected chi connectivity index (χ0v) is 13.7. The zero-order chi connectivity index (χ0) is 14.7. The molecule has 0 aliphatic rings. The van der Waals surface area contributed by atoms with Crippen molar-refractivity contribution in [3.63, 3.8) is 0 Å². The summed E-state index contributed by atoms with van der Waals surface area (Å²) in [4.78, 5) is 0.702. The number of aryl methyl sites for hydroxylation is 2. The minimum atomic E-state index is -1.34. The molecule has 0 aliphatic carbocycles. The molecule has 2 aromatic carbocycles. The number of benzene rings is 2. The largest absolute Gasteiger partial charge is 0.253 e. The van der Waals surface area contributed by atoms with Crippen molar-refractivity contribution in [1.82, 2.24) is 0 Å². The predicted molar refractivity (Wildman–Crippen MR) is 87.0 cm³/mol. The molecule has 0 bridgehead atoms. The number of hydrogen-bond acceptors (Lipinski definition) is 1. The van der Waals surface area contributed by atoms with Gasteiger partial charge in [-0.3, -0.25) is 4.21 Å². The average molecular weight is 327 g/mol. The molecular formula is C16H16Cl2OS. The molecule has 2 aromatic rings. The molecule has 0 fully saturated rings. The molecule has 2 rings (SSSR count). The molecule has 0 spiro atoms. The Balaban J connectivity index is 2.17. The molecule has 1 unspecified atom stereocenters. The third-order valence-electron chi connectivity index (χ3n) is 3.08. The van der Waals surface area contributed by atoms with Crippen LogP contribution < -0.4 is 0 Å². The Morgan fingerprint density at radius 1 is 0.850 bits per heavy atom. The van der Waals surface area contributed by atoms with Crippen LogP contribution in [0.2, 0.25) is 0 Å². The summed E-state index contributed by atoms with van der Waals surface area (Å²) in [5.74, 6) is 0. The van der Waals surface area contributed by atoms with Gasteiger partial charge in [0, 0.05) is 4.90 Å². The minimum Gasteiger partial charge on any atom is -0.253 e. The molecule has 0 aliphatic heterocycles. The third-order valence-corrected chi connectivity index (χ3v) is 6.02. The van der Waals surface area contributed by atoms with Crippen molar-refractivity contribution in [3.8, 4) is 0 Å². The standard InChI is InChI=1S/C16H16Cl2OS/c1-11-3-7-13(8-4-11)15(17)16(18)20(19)14-9-5-12(2)6-10-14/h3-10,15-16H,1-2H3/t15-,16+,20?/m1/s1. The van der Waals surface area contributed by atoms with Gasteiger partial charge in [0.25, 0.3) is 0 Å². The molecule has 0 amide bonds. The Labute approximate surface area is 132 Å². The Kier molecular flexibility index (Phi) is 5.25. The van der Waals surface area contributed by atoms with E-state index in [1.54, 1.807) is 0 Å². The average Bonchev–Trinajstić information content (AvgIpc) is 2.46. The lowest BCUT2D eigenvalue weighted by Crippen LogP contribution is -2.14. The first kappa shape index (κ1) is 15.6. The fourth-order valence-electron chi connectivity index (χ4n) is 1.81. The van der Waals surface area contributed by atoms with Gasteiger partial charge in [-0.05, 0) is 31.5 Å². The van der Waals surface area contributed by atoms with E-state index in [0.717, 1.165) is 16.7 Å². The Bertz CT molecular complexity index is 593. The summed E-state index contributed by atoms with van der Waals surface area (Å²) in [5.41, 5.74) is 3.17. The highest BCUT2D eigenvalue weighted by Gasteiger charge is 2.25. The van der Waals surface area contributed by atoms with Crippen molar-refractivity contribution in [2.45, 2.75) is 28.8 Å². The van der Waals surface area contributed by atoms with Crippen LogP contribution in [0.4, 0.5) is 0 Å². The summed E-state index contributed by atoms with van der Waals surface area (Å²) < 4.78 is 11.8. The summed E-state index contributed by atoms with van der Waals surface area (Å²) in [5, 5.41) is -0.487. The second kappa shape index (κ2) is 6.75.